The molecule has 1 heterocycles. The fourth-order valence-corrected chi connectivity index (χ4v) is 1.82. The van der Waals surface area contributed by atoms with Gasteiger partial charge in [0, 0.05) is 12.0 Å². The third-order valence-electron chi connectivity index (χ3n) is 2.99. The zero-order valence-corrected chi connectivity index (χ0v) is 14.8. The molecular formula is C14H25IN2O3. The normalized spacial score (nSPS) is 24.1. The standard InChI is InChI=1S/C14H25N2O3.HI/c1-11(2)13(17)19-14-15-7-9-16(14,5)8-6-10-18-12(3)4;/h7,9,12,14-15H,1,6,8,10H2,2-5H3;1H/q+1;/p-1. The maximum Gasteiger partial charge on any atom is 0.339 e. The first-order valence-corrected chi connectivity index (χ1v) is 6.62. The quantitative estimate of drug-likeness (QED) is 0.192. The van der Waals surface area contributed by atoms with Crippen molar-refractivity contribution in [3.05, 3.63) is 24.6 Å². The molecule has 1 N–H and O–H groups in total. The van der Waals surface area contributed by atoms with Crippen molar-refractivity contribution in [2.24, 2.45) is 0 Å². The Hall–Kier alpha value is -0.600. The van der Waals surface area contributed by atoms with E-state index in [0.29, 0.717) is 16.7 Å². The lowest BCUT2D eigenvalue weighted by atomic mass is 10.3. The number of halogens is 1. The van der Waals surface area contributed by atoms with Gasteiger partial charge in [0.2, 0.25) is 0 Å². The highest BCUT2D eigenvalue weighted by molar-refractivity contribution is 5.87. The number of carbonyl (C=O) groups excluding carboxylic acids is 1. The van der Waals surface area contributed by atoms with Crippen molar-refractivity contribution >= 4 is 5.97 Å². The van der Waals surface area contributed by atoms with E-state index >= 15 is 0 Å². The molecule has 5 nitrogen and oxygen atoms in total. The van der Waals surface area contributed by atoms with Gasteiger partial charge in [-0.1, -0.05) is 6.58 Å². The predicted octanol–water partition coefficient (Wildman–Crippen LogP) is -1.27. The van der Waals surface area contributed by atoms with Crippen LogP contribution in [0, 0.1) is 0 Å². The van der Waals surface area contributed by atoms with E-state index in [0.717, 1.165) is 13.0 Å². The second-order valence-electron chi connectivity index (χ2n) is 5.36. The Morgan fingerprint density at radius 3 is 2.70 bits per heavy atom. The molecule has 20 heavy (non-hydrogen) atoms. The maximum absolute atomic E-state index is 11.6. The molecule has 0 radical (unpaired) electrons. The zero-order valence-electron chi connectivity index (χ0n) is 12.7. The Morgan fingerprint density at radius 1 is 1.50 bits per heavy atom. The third-order valence-corrected chi connectivity index (χ3v) is 2.99. The van der Waals surface area contributed by atoms with Crippen molar-refractivity contribution in [2.75, 3.05) is 20.2 Å². The summed E-state index contributed by atoms with van der Waals surface area (Å²) in [5, 5.41) is 3.05. The summed E-state index contributed by atoms with van der Waals surface area (Å²) in [6, 6.07) is 0. The first-order valence-electron chi connectivity index (χ1n) is 6.62. The van der Waals surface area contributed by atoms with Crippen molar-refractivity contribution in [1.29, 1.82) is 0 Å². The van der Waals surface area contributed by atoms with Crippen LogP contribution in [0.1, 0.15) is 27.2 Å². The molecule has 2 unspecified atom stereocenters. The number of nitrogens with zero attached hydrogens (tertiary/aromatic N) is 1. The van der Waals surface area contributed by atoms with Crippen molar-refractivity contribution in [2.45, 2.75) is 39.6 Å². The van der Waals surface area contributed by atoms with E-state index in [1.54, 1.807) is 6.92 Å². The summed E-state index contributed by atoms with van der Waals surface area (Å²) in [5.41, 5.74) is 0.406. The summed E-state index contributed by atoms with van der Waals surface area (Å²) < 4.78 is 11.4. The molecule has 0 aromatic rings. The van der Waals surface area contributed by atoms with Crippen LogP contribution >= 0.6 is 0 Å². The summed E-state index contributed by atoms with van der Waals surface area (Å²) in [7, 11) is 2.02. The van der Waals surface area contributed by atoms with E-state index in [2.05, 4.69) is 11.9 Å². The average Bonchev–Trinajstić information content (AvgIpc) is 2.66. The molecule has 0 bridgehead atoms. The molecule has 0 saturated heterocycles. The molecule has 0 fully saturated rings. The van der Waals surface area contributed by atoms with E-state index in [9.17, 15) is 4.79 Å². The average molecular weight is 396 g/mol. The van der Waals surface area contributed by atoms with Gasteiger partial charge in [-0.05, 0) is 20.8 Å². The van der Waals surface area contributed by atoms with Gasteiger partial charge < -0.3 is 38.8 Å². The monoisotopic (exact) mass is 396 g/mol. The molecule has 1 aliphatic heterocycles. The van der Waals surface area contributed by atoms with Crippen LogP contribution in [0.3, 0.4) is 0 Å². The maximum atomic E-state index is 11.6. The molecule has 116 valence electrons. The summed E-state index contributed by atoms with van der Waals surface area (Å²) in [6.07, 6.45) is 4.57. The Bertz CT molecular complexity index is 371. The van der Waals surface area contributed by atoms with E-state index in [1.807, 2.05) is 33.3 Å². The Morgan fingerprint density at radius 2 is 2.15 bits per heavy atom. The highest BCUT2D eigenvalue weighted by Crippen LogP contribution is 2.18. The van der Waals surface area contributed by atoms with Gasteiger partial charge in [-0.3, -0.25) is 0 Å². The minimum Gasteiger partial charge on any atom is -1.00 e. The van der Waals surface area contributed by atoms with E-state index in [-0.39, 0.29) is 42.4 Å². The SMILES string of the molecule is C=C(C)C(=O)OC1NC=C[N+]1(C)CCCOC(C)C.[I-]. The summed E-state index contributed by atoms with van der Waals surface area (Å²) in [4.78, 5) is 11.6. The number of hydrogen-bond acceptors (Lipinski definition) is 4. The van der Waals surface area contributed by atoms with Crippen LogP contribution < -0.4 is 29.3 Å². The molecular weight excluding hydrogens is 371 g/mol. The van der Waals surface area contributed by atoms with Gasteiger partial charge in [-0.15, -0.1) is 0 Å². The van der Waals surface area contributed by atoms with Crippen LogP contribution in [0.15, 0.2) is 24.6 Å². The lowest BCUT2D eigenvalue weighted by Crippen LogP contribution is -3.00. The highest BCUT2D eigenvalue weighted by Gasteiger charge is 2.37. The first-order chi connectivity index (χ1) is 8.85. The van der Waals surface area contributed by atoms with Crippen LogP contribution in [0.25, 0.3) is 0 Å². The van der Waals surface area contributed by atoms with Crippen LogP contribution in [0.4, 0.5) is 0 Å². The van der Waals surface area contributed by atoms with Gasteiger partial charge in [0.25, 0.3) is 0 Å². The van der Waals surface area contributed by atoms with E-state index in [4.69, 9.17) is 9.47 Å². The molecule has 2 atom stereocenters. The second-order valence-corrected chi connectivity index (χ2v) is 5.36. The minimum atomic E-state index is -0.386. The number of rotatable bonds is 7. The van der Waals surface area contributed by atoms with Gasteiger partial charge in [-0.25, -0.2) is 9.28 Å². The van der Waals surface area contributed by atoms with Crippen molar-refractivity contribution in [3.8, 4) is 0 Å². The van der Waals surface area contributed by atoms with Crippen LogP contribution in [0.2, 0.25) is 0 Å². The Kier molecular flexibility index (Phi) is 8.38. The molecule has 0 spiro atoms. The smallest absolute Gasteiger partial charge is 0.339 e. The van der Waals surface area contributed by atoms with E-state index < -0.39 is 0 Å². The van der Waals surface area contributed by atoms with Crippen LogP contribution in [-0.4, -0.2) is 43.1 Å². The van der Waals surface area contributed by atoms with Crippen LogP contribution in [0.5, 0.6) is 0 Å². The third kappa shape index (κ3) is 5.80. The topological polar surface area (TPSA) is 47.6 Å². The molecule has 1 rings (SSSR count). The van der Waals surface area contributed by atoms with Crippen LogP contribution in [-0.2, 0) is 14.3 Å². The molecule has 1 aliphatic rings. The number of hydrogen-bond donors (Lipinski definition) is 1. The number of quaternary nitrogens is 1. The number of nitrogens with one attached hydrogen (secondary N) is 1. The number of ether oxygens (including phenoxy) is 2. The van der Waals surface area contributed by atoms with Gasteiger partial charge in [-0.2, -0.15) is 0 Å². The fraction of sp³-hybridized carbons (Fsp3) is 0.643. The van der Waals surface area contributed by atoms with Crippen molar-refractivity contribution in [3.63, 3.8) is 0 Å². The molecule has 0 amide bonds. The largest absolute Gasteiger partial charge is 1.00 e. The second kappa shape index (κ2) is 8.63. The van der Waals surface area contributed by atoms with Crippen molar-refractivity contribution < 1.29 is 42.7 Å². The number of esters is 1. The molecule has 0 saturated carbocycles. The zero-order chi connectivity index (χ0) is 14.5. The van der Waals surface area contributed by atoms with Gasteiger partial charge in [0.15, 0.2) is 0 Å². The van der Waals surface area contributed by atoms with Gasteiger partial charge >= 0.3 is 12.3 Å². The van der Waals surface area contributed by atoms with Gasteiger partial charge in [0.05, 0.1) is 32.5 Å². The van der Waals surface area contributed by atoms with E-state index in [1.165, 1.54) is 0 Å². The van der Waals surface area contributed by atoms with Gasteiger partial charge in [0.1, 0.15) is 6.20 Å². The summed E-state index contributed by atoms with van der Waals surface area (Å²) in [5.74, 6) is -0.371. The minimum absolute atomic E-state index is 0. The Labute approximate surface area is 138 Å². The lowest BCUT2D eigenvalue weighted by molar-refractivity contribution is -0.903. The first kappa shape index (κ1) is 19.4. The molecule has 0 aliphatic carbocycles. The molecule has 0 aromatic heterocycles. The fourth-order valence-electron chi connectivity index (χ4n) is 1.82. The van der Waals surface area contributed by atoms with Crippen molar-refractivity contribution in [1.82, 2.24) is 5.32 Å². The molecule has 6 heteroatoms. The molecule has 0 aromatic carbocycles. The number of carbonyl (C=O) groups is 1. The predicted molar refractivity (Wildman–Crippen MR) is 73.7 cm³/mol. The lowest BCUT2D eigenvalue weighted by Gasteiger charge is -2.32. The summed E-state index contributed by atoms with van der Waals surface area (Å²) in [6.45, 7) is 10.8. The summed E-state index contributed by atoms with van der Waals surface area (Å²) >= 11 is 0. The Balaban J connectivity index is 0.00000361. The highest BCUT2D eigenvalue weighted by atomic mass is 127.